The lowest BCUT2D eigenvalue weighted by Crippen LogP contribution is -2.49. The molecule has 1 aliphatic rings. The van der Waals surface area contributed by atoms with Gasteiger partial charge in [0.15, 0.2) is 0 Å². The highest BCUT2D eigenvalue weighted by Crippen LogP contribution is 2.39. The maximum atomic E-state index is 3.83. The fourth-order valence-electron chi connectivity index (χ4n) is 3.79. The molecule has 2 unspecified atom stereocenters. The van der Waals surface area contributed by atoms with E-state index in [1.54, 1.807) is 0 Å². The van der Waals surface area contributed by atoms with E-state index in [0.29, 0.717) is 11.5 Å². The van der Waals surface area contributed by atoms with Gasteiger partial charge in [-0.3, -0.25) is 0 Å². The second kappa shape index (κ2) is 8.53. The van der Waals surface area contributed by atoms with Crippen LogP contribution in [0.5, 0.6) is 0 Å². The van der Waals surface area contributed by atoms with E-state index in [1.165, 1.54) is 45.3 Å². The first-order valence-corrected chi connectivity index (χ1v) is 9.22. The van der Waals surface area contributed by atoms with Crippen LogP contribution in [0.15, 0.2) is 0 Å². The maximum Gasteiger partial charge on any atom is 0.0108 e. The van der Waals surface area contributed by atoms with Gasteiger partial charge < -0.3 is 10.2 Å². The third kappa shape index (κ3) is 6.69. The Labute approximate surface area is 134 Å². The Hall–Kier alpha value is -0.0800. The van der Waals surface area contributed by atoms with Gasteiger partial charge >= 0.3 is 0 Å². The predicted octanol–water partition coefficient (Wildman–Crippen LogP) is 4.55. The highest BCUT2D eigenvalue weighted by atomic mass is 15.2. The Balaban J connectivity index is 2.70. The van der Waals surface area contributed by atoms with Gasteiger partial charge in [-0.2, -0.15) is 0 Å². The molecule has 0 heterocycles. The van der Waals surface area contributed by atoms with Gasteiger partial charge in [-0.25, -0.2) is 0 Å². The Morgan fingerprint density at radius 1 is 1.19 bits per heavy atom. The topological polar surface area (TPSA) is 15.3 Å². The van der Waals surface area contributed by atoms with Crippen molar-refractivity contribution in [1.29, 1.82) is 0 Å². The van der Waals surface area contributed by atoms with E-state index in [-0.39, 0.29) is 0 Å². The highest BCUT2D eigenvalue weighted by molar-refractivity contribution is 4.90. The molecule has 0 aromatic heterocycles. The van der Waals surface area contributed by atoms with E-state index < -0.39 is 0 Å². The van der Waals surface area contributed by atoms with E-state index in [4.69, 9.17) is 0 Å². The first-order chi connectivity index (χ1) is 9.75. The minimum atomic E-state index is 0.523. The summed E-state index contributed by atoms with van der Waals surface area (Å²) in [5.41, 5.74) is 0.523. The normalized spacial score (nSPS) is 26.0. The van der Waals surface area contributed by atoms with Crippen LogP contribution >= 0.6 is 0 Å². The summed E-state index contributed by atoms with van der Waals surface area (Å²) in [5.74, 6) is 1.56. The number of nitrogens with one attached hydrogen (secondary N) is 1. The van der Waals surface area contributed by atoms with Crippen LogP contribution in [0.25, 0.3) is 0 Å². The molecule has 126 valence electrons. The van der Waals surface area contributed by atoms with Gasteiger partial charge in [-0.1, -0.05) is 34.6 Å². The predicted molar refractivity (Wildman–Crippen MR) is 94.8 cm³/mol. The third-order valence-electron chi connectivity index (χ3n) is 4.97. The average Bonchev–Trinajstić information content (AvgIpc) is 2.35. The Bertz CT molecular complexity index is 283. The minimum absolute atomic E-state index is 0.523. The molecule has 0 aromatic rings. The highest BCUT2D eigenvalue weighted by Gasteiger charge is 2.35. The van der Waals surface area contributed by atoms with Crippen LogP contribution in [0.3, 0.4) is 0 Å². The van der Waals surface area contributed by atoms with Crippen molar-refractivity contribution < 1.29 is 0 Å². The summed E-state index contributed by atoms with van der Waals surface area (Å²) < 4.78 is 0. The summed E-state index contributed by atoms with van der Waals surface area (Å²) in [6.07, 6.45) is 5.34. The van der Waals surface area contributed by atoms with Crippen molar-refractivity contribution >= 4 is 0 Å². The number of rotatable bonds is 8. The summed E-state index contributed by atoms with van der Waals surface area (Å²) in [6.45, 7) is 20.2. The van der Waals surface area contributed by atoms with Crippen LogP contribution < -0.4 is 5.32 Å². The van der Waals surface area contributed by atoms with Gasteiger partial charge in [-0.05, 0) is 63.3 Å². The van der Waals surface area contributed by atoms with E-state index in [2.05, 4.69) is 58.7 Å². The van der Waals surface area contributed by atoms with Crippen LogP contribution in [0.2, 0.25) is 0 Å². The zero-order valence-corrected chi connectivity index (χ0v) is 15.7. The van der Waals surface area contributed by atoms with E-state index in [1.807, 2.05) is 0 Å². The molecule has 0 radical (unpaired) electrons. The maximum absolute atomic E-state index is 3.83. The van der Waals surface area contributed by atoms with E-state index >= 15 is 0 Å². The van der Waals surface area contributed by atoms with Crippen molar-refractivity contribution in [1.82, 2.24) is 10.2 Å². The molecule has 1 fully saturated rings. The minimum Gasteiger partial charge on any atom is -0.314 e. The van der Waals surface area contributed by atoms with Gasteiger partial charge in [0.2, 0.25) is 0 Å². The molecule has 2 atom stereocenters. The monoisotopic (exact) mass is 296 g/mol. The van der Waals surface area contributed by atoms with Crippen molar-refractivity contribution in [3.05, 3.63) is 0 Å². The SMILES string of the molecule is CCCNC1CCC(C)(C)CC1CN(CC(C)C)C(C)C. The van der Waals surface area contributed by atoms with Crippen molar-refractivity contribution in [2.75, 3.05) is 19.6 Å². The van der Waals surface area contributed by atoms with E-state index in [0.717, 1.165) is 17.9 Å². The molecule has 2 nitrogen and oxygen atoms in total. The van der Waals surface area contributed by atoms with Crippen LogP contribution in [-0.2, 0) is 0 Å². The first kappa shape index (κ1) is 19.0. The lowest BCUT2D eigenvalue weighted by Gasteiger charge is -2.44. The van der Waals surface area contributed by atoms with Crippen LogP contribution in [0.1, 0.15) is 74.1 Å². The summed E-state index contributed by atoms with van der Waals surface area (Å²) in [4.78, 5) is 2.71. The zero-order valence-electron chi connectivity index (χ0n) is 15.7. The molecule has 0 aromatic carbocycles. The second-order valence-electron chi connectivity index (χ2n) is 8.67. The van der Waals surface area contributed by atoms with Gasteiger partial charge in [0.25, 0.3) is 0 Å². The van der Waals surface area contributed by atoms with Gasteiger partial charge in [0.1, 0.15) is 0 Å². The number of nitrogens with zero attached hydrogens (tertiary/aromatic N) is 1. The second-order valence-corrected chi connectivity index (χ2v) is 8.67. The standard InChI is InChI=1S/C19H40N2/c1-8-11-20-18-9-10-19(6,7)12-17(18)14-21(16(4)5)13-15(2)3/h15-18,20H,8-14H2,1-7H3. The smallest absolute Gasteiger partial charge is 0.0108 e. The Morgan fingerprint density at radius 3 is 2.38 bits per heavy atom. The Morgan fingerprint density at radius 2 is 1.86 bits per heavy atom. The quantitative estimate of drug-likeness (QED) is 0.707. The molecular formula is C19H40N2. The largest absolute Gasteiger partial charge is 0.314 e. The molecule has 0 spiro atoms. The van der Waals surface area contributed by atoms with Gasteiger partial charge in [0, 0.05) is 25.2 Å². The van der Waals surface area contributed by atoms with E-state index in [9.17, 15) is 0 Å². The molecule has 1 N–H and O–H groups in total. The van der Waals surface area contributed by atoms with Crippen molar-refractivity contribution in [2.24, 2.45) is 17.3 Å². The first-order valence-electron chi connectivity index (χ1n) is 9.22. The van der Waals surface area contributed by atoms with Crippen LogP contribution in [0.4, 0.5) is 0 Å². The molecular weight excluding hydrogens is 256 g/mol. The summed E-state index contributed by atoms with van der Waals surface area (Å²) in [6, 6.07) is 1.38. The van der Waals surface area contributed by atoms with Crippen molar-refractivity contribution in [3.63, 3.8) is 0 Å². The Kier molecular flexibility index (Phi) is 7.70. The van der Waals surface area contributed by atoms with Crippen LogP contribution in [-0.4, -0.2) is 36.6 Å². The lowest BCUT2D eigenvalue weighted by atomic mass is 9.69. The van der Waals surface area contributed by atoms with Crippen LogP contribution in [0, 0.1) is 17.3 Å². The fourth-order valence-corrected chi connectivity index (χ4v) is 3.79. The third-order valence-corrected chi connectivity index (χ3v) is 4.97. The van der Waals surface area contributed by atoms with Gasteiger partial charge in [-0.15, -0.1) is 0 Å². The van der Waals surface area contributed by atoms with Crippen molar-refractivity contribution in [2.45, 2.75) is 86.2 Å². The summed E-state index contributed by atoms with van der Waals surface area (Å²) in [5, 5.41) is 3.83. The molecule has 1 rings (SSSR count). The number of hydrogen-bond acceptors (Lipinski definition) is 2. The van der Waals surface area contributed by atoms with Gasteiger partial charge in [0.05, 0.1) is 0 Å². The average molecular weight is 297 g/mol. The summed E-state index contributed by atoms with van der Waals surface area (Å²) >= 11 is 0. The fraction of sp³-hybridized carbons (Fsp3) is 1.00. The number of hydrogen-bond donors (Lipinski definition) is 1. The molecule has 0 amide bonds. The molecule has 0 bridgehead atoms. The summed E-state index contributed by atoms with van der Waals surface area (Å²) in [7, 11) is 0. The molecule has 21 heavy (non-hydrogen) atoms. The zero-order chi connectivity index (χ0) is 16.0. The molecule has 1 saturated carbocycles. The van der Waals surface area contributed by atoms with Crippen molar-refractivity contribution in [3.8, 4) is 0 Å². The molecule has 1 aliphatic carbocycles. The lowest BCUT2D eigenvalue weighted by molar-refractivity contribution is 0.0817. The molecule has 0 saturated heterocycles. The molecule has 2 heteroatoms. The molecule has 0 aliphatic heterocycles.